The standard InChI is InChI=1S/C14H14ClNOS/c15-11-6-2-4-8-14(11)18-9-12-10-5-1-3-7-13(10)17-16-12/h2,4,6,8H,1,3,5,7,9H2. The van der Waals surface area contributed by atoms with Crippen LogP contribution in [-0.4, -0.2) is 5.16 Å². The lowest BCUT2D eigenvalue weighted by atomic mass is 9.97. The molecule has 1 aromatic heterocycles. The van der Waals surface area contributed by atoms with E-state index in [1.165, 1.54) is 18.4 Å². The number of halogens is 1. The fourth-order valence-corrected chi connectivity index (χ4v) is 3.47. The largest absolute Gasteiger partial charge is 0.361 e. The number of aromatic nitrogens is 1. The molecule has 3 rings (SSSR count). The monoisotopic (exact) mass is 279 g/mol. The van der Waals surface area contributed by atoms with Crippen LogP contribution >= 0.6 is 23.4 Å². The van der Waals surface area contributed by atoms with Crippen LogP contribution in [-0.2, 0) is 18.6 Å². The van der Waals surface area contributed by atoms with Crippen LogP contribution in [0.3, 0.4) is 0 Å². The maximum Gasteiger partial charge on any atom is 0.140 e. The highest BCUT2D eigenvalue weighted by Crippen LogP contribution is 2.32. The molecule has 0 spiro atoms. The summed E-state index contributed by atoms with van der Waals surface area (Å²) in [6.45, 7) is 0. The minimum Gasteiger partial charge on any atom is -0.361 e. The Morgan fingerprint density at radius 3 is 2.94 bits per heavy atom. The summed E-state index contributed by atoms with van der Waals surface area (Å²) in [4.78, 5) is 1.10. The molecule has 4 heteroatoms. The van der Waals surface area contributed by atoms with Crippen molar-refractivity contribution >= 4 is 23.4 Å². The van der Waals surface area contributed by atoms with Gasteiger partial charge in [-0.25, -0.2) is 0 Å². The lowest BCUT2D eigenvalue weighted by molar-refractivity contribution is 0.369. The third-order valence-electron chi connectivity index (χ3n) is 3.23. The number of benzene rings is 1. The van der Waals surface area contributed by atoms with Crippen molar-refractivity contribution in [3.63, 3.8) is 0 Å². The second kappa shape index (κ2) is 5.37. The molecule has 0 radical (unpaired) electrons. The van der Waals surface area contributed by atoms with Crippen LogP contribution in [0.25, 0.3) is 0 Å². The quantitative estimate of drug-likeness (QED) is 0.774. The molecule has 1 heterocycles. The minimum atomic E-state index is 0.805. The van der Waals surface area contributed by atoms with Crippen LogP contribution in [0.4, 0.5) is 0 Å². The van der Waals surface area contributed by atoms with Crippen molar-refractivity contribution in [2.45, 2.75) is 36.3 Å². The fraction of sp³-hybridized carbons (Fsp3) is 0.357. The SMILES string of the molecule is Clc1ccccc1SCc1noc2c1CCCC2. The summed E-state index contributed by atoms with van der Waals surface area (Å²) in [7, 11) is 0. The first-order valence-corrected chi connectivity index (χ1v) is 7.54. The van der Waals surface area contributed by atoms with Gasteiger partial charge in [0.15, 0.2) is 0 Å². The Morgan fingerprint density at radius 2 is 2.06 bits per heavy atom. The van der Waals surface area contributed by atoms with E-state index in [0.29, 0.717) is 0 Å². The van der Waals surface area contributed by atoms with Crippen molar-refractivity contribution in [2.24, 2.45) is 0 Å². The number of hydrogen-bond donors (Lipinski definition) is 0. The van der Waals surface area contributed by atoms with E-state index < -0.39 is 0 Å². The smallest absolute Gasteiger partial charge is 0.140 e. The van der Waals surface area contributed by atoms with Crippen molar-refractivity contribution in [3.05, 3.63) is 46.3 Å². The molecular weight excluding hydrogens is 266 g/mol. The summed E-state index contributed by atoms with van der Waals surface area (Å²) in [5, 5.41) is 5.01. The average Bonchev–Trinajstić information content (AvgIpc) is 2.81. The second-order valence-electron chi connectivity index (χ2n) is 4.46. The normalized spacial score (nSPS) is 14.5. The predicted molar refractivity (Wildman–Crippen MR) is 74.2 cm³/mol. The predicted octanol–water partition coefficient (Wildman–Crippen LogP) is 4.50. The molecular formula is C14H14ClNOS. The maximum atomic E-state index is 6.14. The summed E-state index contributed by atoms with van der Waals surface area (Å²) in [5.74, 6) is 1.93. The number of hydrogen-bond acceptors (Lipinski definition) is 3. The highest BCUT2D eigenvalue weighted by molar-refractivity contribution is 7.98. The molecule has 18 heavy (non-hydrogen) atoms. The summed E-state index contributed by atoms with van der Waals surface area (Å²) in [6, 6.07) is 7.92. The molecule has 94 valence electrons. The zero-order chi connectivity index (χ0) is 12.4. The Kier molecular flexibility index (Phi) is 3.62. The molecule has 1 aliphatic rings. The van der Waals surface area contributed by atoms with Crippen molar-refractivity contribution in [1.29, 1.82) is 0 Å². The Labute approximate surface area is 116 Å². The van der Waals surface area contributed by atoms with E-state index in [9.17, 15) is 0 Å². The fourth-order valence-electron chi connectivity index (χ4n) is 2.27. The van der Waals surface area contributed by atoms with E-state index in [4.69, 9.17) is 16.1 Å². The summed E-state index contributed by atoms with van der Waals surface area (Å²) in [6.07, 6.45) is 4.62. The van der Waals surface area contributed by atoms with E-state index in [0.717, 1.165) is 40.0 Å². The molecule has 0 aliphatic heterocycles. The molecule has 1 aromatic carbocycles. The first-order chi connectivity index (χ1) is 8.84. The highest BCUT2D eigenvalue weighted by Gasteiger charge is 2.19. The molecule has 0 saturated carbocycles. The van der Waals surface area contributed by atoms with Gasteiger partial charge in [-0.1, -0.05) is 28.9 Å². The zero-order valence-corrected chi connectivity index (χ0v) is 11.6. The third kappa shape index (κ3) is 2.43. The number of rotatable bonds is 3. The Morgan fingerprint density at radius 1 is 1.22 bits per heavy atom. The molecule has 0 saturated heterocycles. The number of fused-ring (bicyclic) bond motifs is 1. The molecule has 2 aromatic rings. The molecule has 2 nitrogen and oxygen atoms in total. The summed E-state index contributed by atoms with van der Waals surface area (Å²) in [5.41, 5.74) is 2.43. The summed E-state index contributed by atoms with van der Waals surface area (Å²) < 4.78 is 5.41. The van der Waals surface area contributed by atoms with Gasteiger partial charge in [0.05, 0.1) is 10.7 Å². The van der Waals surface area contributed by atoms with Gasteiger partial charge in [0, 0.05) is 22.6 Å². The van der Waals surface area contributed by atoms with Crippen LogP contribution in [0.15, 0.2) is 33.7 Å². The van der Waals surface area contributed by atoms with E-state index in [2.05, 4.69) is 5.16 Å². The van der Waals surface area contributed by atoms with Crippen LogP contribution in [0, 0.1) is 0 Å². The highest BCUT2D eigenvalue weighted by atomic mass is 35.5. The van der Waals surface area contributed by atoms with Crippen LogP contribution in [0.2, 0.25) is 5.02 Å². The lowest BCUT2D eigenvalue weighted by Crippen LogP contribution is -2.01. The van der Waals surface area contributed by atoms with E-state index >= 15 is 0 Å². The second-order valence-corrected chi connectivity index (χ2v) is 5.88. The van der Waals surface area contributed by atoms with Gasteiger partial charge in [-0.05, 0) is 31.4 Å². The van der Waals surface area contributed by atoms with E-state index in [1.54, 1.807) is 11.8 Å². The van der Waals surface area contributed by atoms with Crippen molar-refractivity contribution in [2.75, 3.05) is 0 Å². The summed E-state index contributed by atoms with van der Waals surface area (Å²) >= 11 is 7.87. The topological polar surface area (TPSA) is 26.0 Å². The molecule has 0 amide bonds. The number of thioether (sulfide) groups is 1. The molecule has 0 bridgehead atoms. The van der Waals surface area contributed by atoms with Crippen molar-refractivity contribution < 1.29 is 4.52 Å². The van der Waals surface area contributed by atoms with Gasteiger partial charge in [0.2, 0.25) is 0 Å². The zero-order valence-electron chi connectivity index (χ0n) is 9.99. The van der Waals surface area contributed by atoms with Gasteiger partial charge >= 0.3 is 0 Å². The van der Waals surface area contributed by atoms with Gasteiger partial charge in [0.25, 0.3) is 0 Å². The Hall–Kier alpha value is -0.930. The van der Waals surface area contributed by atoms with Gasteiger partial charge < -0.3 is 4.52 Å². The van der Waals surface area contributed by atoms with E-state index in [-0.39, 0.29) is 0 Å². The van der Waals surface area contributed by atoms with Gasteiger partial charge in [0.1, 0.15) is 5.76 Å². The van der Waals surface area contributed by atoms with Crippen LogP contribution in [0.5, 0.6) is 0 Å². The molecule has 0 unspecified atom stereocenters. The first kappa shape index (κ1) is 12.1. The van der Waals surface area contributed by atoms with Gasteiger partial charge in [-0.2, -0.15) is 0 Å². The van der Waals surface area contributed by atoms with Crippen molar-refractivity contribution in [3.8, 4) is 0 Å². The molecule has 1 aliphatic carbocycles. The molecule has 0 fully saturated rings. The number of nitrogens with zero attached hydrogens (tertiary/aromatic N) is 1. The lowest BCUT2D eigenvalue weighted by Gasteiger charge is -2.09. The Bertz CT molecular complexity index is 552. The number of aryl methyl sites for hydroxylation is 1. The van der Waals surface area contributed by atoms with Gasteiger partial charge in [-0.15, -0.1) is 11.8 Å². The van der Waals surface area contributed by atoms with Crippen LogP contribution in [0.1, 0.15) is 29.9 Å². The van der Waals surface area contributed by atoms with Crippen molar-refractivity contribution in [1.82, 2.24) is 5.16 Å². The minimum absolute atomic E-state index is 0.805. The third-order valence-corrected chi connectivity index (χ3v) is 4.76. The van der Waals surface area contributed by atoms with Crippen LogP contribution < -0.4 is 0 Å². The van der Waals surface area contributed by atoms with E-state index in [1.807, 2.05) is 24.3 Å². The Balaban J connectivity index is 1.74. The molecule has 0 atom stereocenters. The molecule has 0 N–H and O–H groups in total. The maximum absolute atomic E-state index is 6.14. The van der Waals surface area contributed by atoms with Gasteiger partial charge in [-0.3, -0.25) is 0 Å². The first-order valence-electron chi connectivity index (χ1n) is 6.18. The average molecular weight is 280 g/mol.